The molecule has 0 amide bonds. The van der Waals surface area contributed by atoms with Crippen LogP contribution in [-0.2, 0) is 9.59 Å². The molecule has 4 saturated carbocycles. The number of rotatable bonds is 2. The average Bonchev–Trinajstić information content (AvgIpc) is 2.78. The minimum absolute atomic E-state index is 0.0714. The summed E-state index contributed by atoms with van der Waals surface area (Å²) in [6.07, 6.45) is 8.96. The number of carbonyl (C=O) groups is 2. The van der Waals surface area contributed by atoms with Crippen molar-refractivity contribution in [1.82, 2.24) is 0 Å². The van der Waals surface area contributed by atoms with Crippen LogP contribution in [0.25, 0.3) is 0 Å². The lowest BCUT2D eigenvalue weighted by molar-refractivity contribution is -0.181. The van der Waals surface area contributed by atoms with Crippen molar-refractivity contribution in [3.63, 3.8) is 0 Å². The van der Waals surface area contributed by atoms with E-state index in [1.54, 1.807) is 0 Å². The fourth-order valence-electron chi connectivity index (χ4n) is 7.99. The van der Waals surface area contributed by atoms with Gasteiger partial charge in [0, 0.05) is 0 Å². The van der Waals surface area contributed by atoms with Crippen molar-refractivity contribution >= 4 is 11.9 Å². The lowest BCUT2D eigenvalue weighted by Gasteiger charge is -2.63. The van der Waals surface area contributed by atoms with Gasteiger partial charge in [0.25, 0.3) is 0 Å². The van der Waals surface area contributed by atoms with E-state index >= 15 is 0 Å². The van der Waals surface area contributed by atoms with Crippen LogP contribution in [0.4, 0.5) is 0 Å². The maximum absolute atomic E-state index is 12.1. The molecule has 0 aliphatic heterocycles. The SMILES string of the molecule is C[C@@]12CCC[C@@](C)(C(=O)O)[C@H]1CC[C@@]13C[C@@H](CC[C@H]12)[C@@H](C(=O)O)C3. The molecule has 4 aliphatic carbocycles. The standard InChI is InChI=1S/C20H30O4/c1-18-7-3-8-19(2,17(23)24)14(18)6-9-20-10-12(4-5-15(18)20)13(11-20)16(21)22/h12-15H,3-11H2,1-2H3,(H,21,22)(H,23,24)/t12-,13+,14+,15+,18-,19-,20+/m1/s1. The fourth-order valence-corrected chi connectivity index (χ4v) is 7.99. The summed E-state index contributed by atoms with van der Waals surface area (Å²) >= 11 is 0. The quantitative estimate of drug-likeness (QED) is 0.794. The van der Waals surface area contributed by atoms with Gasteiger partial charge in [-0.15, -0.1) is 0 Å². The molecule has 1 spiro atoms. The van der Waals surface area contributed by atoms with Crippen molar-refractivity contribution in [1.29, 1.82) is 0 Å². The van der Waals surface area contributed by atoms with E-state index in [2.05, 4.69) is 6.92 Å². The molecule has 4 nitrogen and oxygen atoms in total. The number of carboxylic acids is 2. The smallest absolute Gasteiger partial charge is 0.309 e. The van der Waals surface area contributed by atoms with Crippen molar-refractivity contribution in [3.8, 4) is 0 Å². The van der Waals surface area contributed by atoms with Crippen molar-refractivity contribution in [2.45, 2.75) is 71.6 Å². The molecule has 0 saturated heterocycles. The van der Waals surface area contributed by atoms with Crippen LogP contribution < -0.4 is 0 Å². The molecular formula is C20H30O4. The van der Waals surface area contributed by atoms with Crippen LogP contribution >= 0.6 is 0 Å². The normalized spacial score (nSPS) is 53.1. The number of fused-ring (bicyclic) bond motifs is 3. The van der Waals surface area contributed by atoms with Crippen LogP contribution in [0.15, 0.2) is 0 Å². The molecule has 0 aromatic heterocycles. The molecule has 134 valence electrons. The van der Waals surface area contributed by atoms with Gasteiger partial charge in [0.2, 0.25) is 0 Å². The molecule has 2 bridgehead atoms. The monoisotopic (exact) mass is 334 g/mol. The average molecular weight is 334 g/mol. The molecule has 7 atom stereocenters. The minimum atomic E-state index is -0.627. The van der Waals surface area contributed by atoms with Crippen LogP contribution in [0, 0.1) is 39.9 Å². The molecule has 0 aromatic carbocycles. The van der Waals surface area contributed by atoms with Crippen molar-refractivity contribution in [2.24, 2.45) is 39.9 Å². The van der Waals surface area contributed by atoms with E-state index in [1.165, 1.54) is 0 Å². The Balaban J connectivity index is 1.71. The third kappa shape index (κ3) is 1.91. The van der Waals surface area contributed by atoms with Gasteiger partial charge in [-0.25, -0.2) is 0 Å². The van der Waals surface area contributed by atoms with Gasteiger partial charge in [-0.1, -0.05) is 13.3 Å². The zero-order valence-corrected chi connectivity index (χ0v) is 14.9. The third-order valence-electron chi connectivity index (χ3n) is 8.94. The molecule has 2 N–H and O–H groups in total. The lowest BCUT2D eigenvalue weighted by atomic mass is 9.41. The molecule has 0 radical (unpaired) electrons. The third-order valence-corrected chi connectivity index (χ3v) is 8.94. The molecule has 24 heavy (non-hydrogen) atoms. The van der Waals surface area contributed by atoms with Gasteiger partial charge in [-0.2, -0.15) is 0 Å². The van der Waals surface area contributed by atoms with E-state index in [0.717, 1.165) is 57.8 Å². The first kappa shape index (κ1) is 16.4. The Labute approximate surface area is 144 Å². The number of carboxylic acid groups (broad SMARTS) is 2. The summed E-state index contributed by atoms with van der Waals surface area (Å²) in [4.78, 5) is 23.7. The second-order valence-corrected chi connectivity index (χ2v) is 9.78. The van der Waals surface area contributed by atoms with Gasteiger partial charge in [0.15, 0.2) is 0 Å². The number of hydrogen-bond acceptors (Lipinski definition) is 2. The second kappa shape index (κ2) is 4.98. The first-order valence-corrected chi connectivity index (χ1v) is 9.69. The second-order valence-electron chi connectivity index (χ2n) is 9.78. The first-order chi connectivity index (χ1) is 11.2. The van der Waals surface area contributed by atoms with Crippen LogP contribution in [0.1, 0.15) is 71.6 Å². The zero-order valence-electron chi connectivity index (χ0n) is 14.9. The molecule has 4 aliphatic rings. The van der Waals surface area contributed by atoms with Crippen molar-refractivity contribution in [2.75, 3.05) is 0 Å². The molecule has 0 heterocycles. The van der Waals surface area contributed by atoms with Gasteiger partial charge in [0.1, 0.15) is 0 Å². The molecule has 4 heteroatoms. The van der Waals surface area contributed by atoms with Gasteiger partial charge in [-0.05, 0) is 86.9 Å². The summed E-state index contributed by atoms with van der Waals surface area (Å²) in [5, 5.41) is 19.5. The van der Waals surface area contributed by atoms with Gasteiger partial charge >= 0.3 is 11.9 Å². The summed E-state index contributed by atoms with van der Waals surface area (Å²) in [5.74, 6) is -0.282. The van der Waals surface area contributed by atoms with Gasteiger partial charge in [-0.3, -0.25) is 9.59 Å². The molecule has 0 aromatic rings. The highest BCUT2D eigenvalue weighted by atomic mass is 16.4. The Bertz CT molecular complexity index is 586. The zero-order chi connectivity index (χ0) is 17.3. The minimum Gasteiger partial charge on any atom is -0.481 e. The first-order valence-electron chi connectivity index (χ1n) is 9.69. The van der Waals surface area contributed by atoms with Crippen LogP contribution in [0.2, 0.25) is 0 Å². The number of aliphatic carboxylic acids is 2. The van der Waals surface area contributed by atoms with Crippen molar-refractivity contribution in [3.05, 3.63) is 0 Å². The predicted molar refractivity (Wildman–Crippen MR) is 89.4 cm³/mol. The molecular weight excluding hydrogens is 304 g/mol. The largest absolute Gasteiger partial charge is 0.481 e. The maximum atomic E-state index is 12.1. The van der Waals surface area contributed by atoms with Crippen LogP contribution in [0.3, 0.4) is 0 Å². The predicted octanol–water partition coefficient (Wildman–Crippen LogP) is 4.18. The topological polar surface area (TPSA) is 74.6 Å². The summed E-state index contributed by atoms with van der Waals surface area (Å²) in [6, 6.07) is 0. The Morgan fingerprint density at radius 2 is 1.67 bits per heavy atom. The number of hydrogen-bond donors (Lipinski definition) is 2. The molecule has 0 unspecified atom stereocenters. The summed E-state index contributed by atoms with van der Waals surface area (Å²) in [5.41, 5.74) is -0.355. The van der Waals surface area contributed by atoms with E-state index in [0.29, 0.717) is 11.8 Å². The van der Waals surface area contributed by atoms with E-state index in [4.69, 9.17) is 0 Å². The molecule has 4 rings (SSSR count). The highest BCUT2D eigenvalue weighted by Crippen LogP contribution is 2.72. The maximum Gasteiger partial charge on any atom is 0.309 e. The van der Waals surface area contributed by atoms with Crippen LogP contribution in [-0.4, -0.2) is 22.2 Å². The Morgan fingerprint density at radius 3 is 2.33 bits per heavy atom. The van der Waals surface area contributed by atoms with Crippen molar-refractivity contribution < 1.29 is 19.8 Å². The van der Waals surface area contributed by atoms with E-state index in [9.17, 15) is 19.8 Å². The molecule has 4 fully saturated rings. The highest BCUT2D eigenvalue weighted by molar-refractivity contribution is 5.75. The van der Waals surface area contributed by atoms with Gasteiger partial charge in [0.05, 0.1) is 11.3 Å². The summed E-state index contributed by atoms with van der Waals surface area (Å²) < 4.78 is 0. The van der Waals surface area contributed by atoms with E-state index < -0.39 is 17.4 Å². The van der Waals surface area contributed by atoms with E-state index in [1.807, 2.05) is 6.92 Å². The lowest BCUT2D eigenvalue weighted by Crippen LogP contribution is -2.58. The Kier molecular flexibility index (Phi) is 3.41. The highest BCUT2D eigenvalue weighted by Gasteiger charge is 2.66. The van der Waals surface area contributed by atoms with Gasteiger partial charge < -0.3 is 10.2 Å². The van der Waals surface area contributed by atoms with Crippen LogP contribution in [0.5, 0.6) is 0 Å². The van der Waals surface area contributed by atoms with E-state index in [-0.39, 0.29) is 22.7 Å². The summed E-state index contributed by atoms with van der Waals surface area (Å²) in [6.45, 7) is 4.31. The Hall–Kier alpha value is -1.06. The Morgan fingerprint density at radius 1 is 0.917 bits per heavy atom. The summed E-state index contributed by atoms with van der Waals surface area (Å²) in [7, 11) is 0. The fraction of sp³-hybridized carbons (Fsp3) is 0.900.